The Labute approximate surface area is 233 Å². The smallest absolute Gasteiger partial charge is 0.254 e. The van der Waals surface area contributed by atoms with Crippen LogP contribution in [0.15, 0.2) is 66.7 Å². The maximum atomic E-state index is 13.8. The topological polar surface area (TPSA) is 95.7 Å². The number of nitrogens with one attached hydrogen (secondary N) is 1. The first-order valence-electron chi connectivity index (χ1n) is 14.0. The molecule has 0 fully saturated rings. The molecular formula is C33H43N3O3. The maximum Gasteiger partial charge on any atom is 0.254 e. The number of carbonyl (C=O) groups is 2. The van der Waals surface area contributed by atoms with E-state index in [9.17, 15) is 14.7 Å². The van der Waals surface area contributed by atoms with Gasteiger partial charge < -0.3 is 21.1 Å². The highest BCUT2D eigenvalue weighted by molar-refractivity contribution is 6.02. The number of hydrogen-bond donors (Lipinski definition) is 3. The molecule has 0 saturated carbocycles. The summed E-state index contributed by atoms with van der Waals surface area (Å²) in [6.07, 6.45) is 1.25. The van der Waals surface area contributed by atoms with Crippen LogP contribution in [0.4, 0.5) is 0 Å². The summed E-state index contributed by atoms with van der Waals surface area (Å²) in [5, 5.41) is 15.0. The quantitative estimate of drug-likeness (QED) is 0.269. The van der Waals surface area contributed by atoms with Gasteiger partial charge in [-0.1, -0.05) is 68.4 Å². The van der Waals surface area contributed by atoms with Crippen molar-refractivity contribution in [2.75, 3.05) is 19.6 Å². The second-order valence-electron chi connectivity index (χ2n) is 10.3. The van der Waals surface area contributed by atoms with E-state index in [2.05, 4.69) is 37.4 Å². The second-order valence-corrected chi connectivity index (χ2v) is 10.3. The number of aliphatic hydroxyl groups is 1. The summed E-state index contributed by atoms with van der Waals surface area (Å²) < 4.78 is 0. The van der Waals surface area contributed by atoms with Gasteiger partial charge in [0.05, 0.1) is 6.10 Å². The van der Waals surface area contributed by atoms with Gasteiger partial charge in [0.15, 0.2) is 0 Å². The molecule has 0 aliphatic heterocycles. The van der Waals surface area contributed by atoms with Gasteiger partial charge in [0.1, 0.15) is 0 Å². The predicted molar refractivity (Wildman–Crippen MR) is 158 cm³/mol. The van der Waals surface area contributed by atoms with Crippen molar-refractivity contribution in [1.82, 2.24) is 10.2 Å². The van der Waals surface area contributed by atoms with Gasteiger partial charge >= 0.3 is 0 Å². The first kappa shape index (κ1) is 30.1. The molecular weight excluding hydrogens is 486 g/mol. The minimum Gasteiger partial charge on any atom is -0.391 e. The minimum absolute atomic E-state index is 0.134. The van der Waals surface area contributed by atoms with Crippen molar-refractivity contribution >= 4 is 11.8 Å². The van der Waals surface area contributed by atoms with Crippen LogP contribution >= 0.6 is 0 Å². The number of benzene rings is 3. The summed E-state index contributed by atoms with van der Waals surface area (Å²) in [5.41, 5.74) is 11.7. The van der Waals surface area contributed by atoms with Crippen LogP contribution in [0.5, 0.6) is 0 Å². The number of nitrogens with two attached hydrogens (primary N) is 1. The van der Waals surface area contributed by atoms with Crippen molar-refractivity contribution in [3.8, 4) is 0 Å². The zero-order chi connectivity index (χ0) is 28.4. The first-order chi connectivity index (χ1) is 18.8. The van der Waals surface area contributed by atoms with Gasteiger partial charge in [-0.25, -0.2) is 0 Å². The van der Waals surface area contributed by atoms with Gasteiger partial charge in [-0.3, -0.25) is 9.59 Å². The number of rotatable bonds is 14. The molecule has 0 heterocycles. The monoisotopic (exact) mass is 529 g/mol. The molecule has 3 rings (SSSR count). The van der Waals surface area contributed by atoms with E-state index in [4.69, 9.17) is 5.73 Å². The van der Waals surface area contributed by atoms with Crippen molar-refractivity contribution < 1.29 is 14.7 Å². The lowest BCUT2D eigenvalue weighted by molar-refractivity contribution is 0.0751. The molecule has 0 spiro atoms. The Bertz CT molecular complexity index is 1240. The van der Waals surface area contributed by atoms with E-state index in [0.717, 1.165) is 24.0 Å². The van der Waals surface area contributed by atoms with Crippen LogP contribution in [0.1, 0.15) is 81.1 Å². The lowest BCUT2D eigenvalue weighted by Crippen LogP contribution is -2.37. The Morgan fingerprint density at radius 2 is 1.54 bits per heavy atom. The molecule has 3 aromatic carbocycles. The first-order valence-corrected chi connectivity index (χ1v) is 14.0. The molecule has 6 nitrogen and oxygen atoms in total. The van der Waals surface area contributed by atoms with Gasteiger partial charge in [0.2, 0.25) is 5.91 Å². The Morgan fingerprint density at radius 1 is 0.872 bits per heavy atom. The van der Waals surface area contributed by atoms with Gasteiger partial charge in [-0.05, 0) is 73.1 Å². The third kappa shape index (κ3) is 8.01. The second kappa shape index (κ2) is 14.6. The molecule has 39 heavy (non-hydrogen) atoms. The largest absolute Gasteiger partial charge is 0.391 e. The number of aryl methyl sites for hydroxylation is 2. The van der Waals surface area contributed by atoms with Crippen molar-refractivity contribution in [3.05, 3.63) is 106 Å². The number of primary amides is 1. The van der Waals surface area contributed by atoms with Crippen molar-refractivity contribution in [2.24, 2.45) is 5.73 Å². The molecule has 4 N–H and O–H groups in total. The molecule has 3 aromatic rings. The maximum absolute atomic E-state index is 13.8. The van der Waals surface area contributed by atoms with E-state index in [0.29, 0.717) is 43.7 Å². The number of nitrogens with zero attached hydrogens (tertiary/aromatic N) is 1. The molecule has 0 aliphatic rings. The summed E-state index contributed by atoms with van der Waals surface area (Å²) in [7, 11) is 0. The molecule has 0 aromatic heterocycles. The predicted octanol–water partition coefficient (Wildman–Crippen LogP) is 5.14. The Kier molecular flexibility index (Phi) is 11.3. The van der Waals surface area contributed by atoms with Crippen LogP contribution in [-0.4, -0.2) is 47.6 Å². The highest BCUT2D eigenvalue weighted by Crippen LogP contribution is 2.32. The van der Waals surface area contributed by atoms with E-state index in [1.165, 1.54) is 11.1 Å². The Balaban J connectivity index is 2.00. The molecule has 2 atom stereocenters. The standard InChI is InChI=1S/C33H43N3O3/c1-5-17-36(18-6-2)33(39)28-14-10-13-27(32(34)38)31(28)29(20-25-11-8-7-9-12-25)30(37)22-35-21-26-16-15-23(3)24(4)19-26/h7-16,19,29-30,35,37H,5-6,17-18,20-22H2,1-4H3,(H2,34,38)/t29-,30+/m1/s1. The van der Waals surface area contributed by atoms with Gasteiger partial charge in [0.25, 0.3) is 5.91 Å². The summed E-state index contributed by atoms with van der Waals surface area (Å²) in [4.78, 5) is 28.3. The average Bonchev–Trinajstić information content (AvgIpc) is 2.93. The summed E-state index contributed by atoms with van der Waals surface area (Å²) >= 11 is 0. The van der Waals surface area contributed by atoms with Crippen LogP contribution in [0.2, 0.25) is 0 Å². The lowest BCUT2D eigenvalue weighted by Gasteiger charge is -2.30. The Hall–Kier alpha value is -3.48. The fourth-order valence-corrected chi connectivity index (χ4v) is 5.11. The fraction of sp³-hybridized carbons (Fsp3) is 0.394. The molecule has 6 heteroatoms. The summed E-state index contributed by atoms with van der Waals surface area (Å²) in [6, 6.07) is 21.3. The number of hydrogen-bond acceptors (Lipinski definition) is 4. The normalized spacial score (nSPS) is 12.6. The highest BCUT2D eigenvalue weighted by atomic mass is 16.3. The number of carbonyl (C=O) groups excluding carboxylic acids is 2. The van der Waals surface area contributed by atoms with Crippen LogP contribution in [0.25, 0.3) is 0 Å². The molecule has 2 amide bonds. The zero-order valence-electron chi connectivity index (χ0n) is 23.7. The van der Waals surface area contributed by atoms with Crippen LogP contribution in [0.3, 0.4) is 0 Å². The SMILES string of the molecule is CCCN(CCC)C(=O)c1cccc(C(N)=O)c1[C@H](Cc1ccccc1)[C@@H](O)CNCc1ccc(C)c(C)c1. The molecule has 0 aliphatic carbocycles. The molecule has 0 unspecified atom stereocenters. The average molecular weight is 530 g/mol. The van der Waals surface area contributed by atoms with Gasteiger partial charge in [-0.2, -0.15) is 0 Å². The van der Waals surface area contributed by atoms with E-state index >= 15 is 0 Å². The summed E-state index contributed by atoms with van der Waals surface area (Å²) in [6.45, 7) is 10.4. The fourth-order valence-electron chi connectivity index (χ4n) is 5.11. The third-order valence-corrected chi connectivity index (χ3v) is 7.26. The van der Waals surface area contributed by atoms with Crippen molar-refractivity contribution in [3.63, 3.8) is 0 Å². The van der Waals surface area contributed by atoms with Crippen LogP contribution in [-0.2, 0) is 13.0 Å². The van der Waals surface area contributed by atoms with Crippen LogP contribution in [0, 0.1) is 13.8 Å². The zero-order valence-corrected chi connectivity index (χ0v) is 23.7. The molecule has 0 radical (unpaired) electrons. The highest BCUT2D eigenvalue weighted by Gasteiger charge is 2.31. The molecule has 0 saturated heterocycles. The third-order valence-electron chi connectivity index (χ3n) is 7.26. The van der Waals surface area contributed by atoms with Gasteiger partial charge in [-0.15, -0.1) is 0 Å². The molecule has 208 valence electrons. The van der Waals surface area contributed by atoms with Crippen LogP contribution < -0.4 is 11.1 Å². The lowest BCUT2D eigenvalue weighted by atomic mass is 9.81. The van der Waals surface area contributed by atoms with Crippen molar-refractivity contribution in [1.29, 1.82) is 0 Å². The van der Waals surface area contributed by atoms with E-state index in [1.54, 1.807) is 18.2 Å². The van der Waals surface area contributed by atoms with E-state index in [1.807, 2.05) is 49.1 Å². The van der Waals surface area contributed by atoms with E-state index in [-0.39, 0.29) is 11.5 Å². The molecule has 0 bridgehead atoms. The van der Waals surface area contributed by atoms with E-state index < -0.39 is 17.9 Å². The van der Waals surface area contributed by atoms with Gasteiger partial charge in [0, 0.05) is 43.2 Å². The van der Waals surface area contributed by atoms with Crippen molar-refractivity contribution in [2.45, 2.75) is 65.5 Å². The number of aliphatic hydroxyl groups excluding tert-OH is 1. The summed E-state index contributed by atoms with van der Waals surface area (Å²) in [5.74, 6) is -1.26. The Morgan fingerprint density at radius 3 is 2.15 bits per heavy atom. The minimum atomic E-state index is -0.866. The number of amides is 2.